The van der Waals surface area contributed by atoms with Gasteiger partial charge in [0.05, 0.1) is 0 Å². The fourth-order valence-electron chi connectivity index (χ4n) is 7.29. The Bertz CT molecular complexity index is 654. The molecule has 4 aliphatic carbocycles. The standard InChI is InChI=1S/C21H29FO3/c1-20-9-7-14-12(13(20)5-6-15(20)18(25)11-23)3-4-16-19(22)17(24)8-10-21(14,16)2/h12-15,23H,3-11H2,1-2H3/t12-,13-,14-,15+,20-,21+/m0/s1. The minimum atomic E-state index is -0.444. The number of hydrogen-bond donors (Lipinski definition) is 1. The van der Waals surface area contributed by atoms with Crippen LogP contribution in [0.1, 0.15) is 65.2 Å². The predicted molar refractivity (Wildman–Crippen MR) is 92.3 cm³/mol. The normalized spacial score (nSPS) is 46.5. The fraction of sp³-hybridized carbons (Fsp3) is 0.810. The third-order valence-corrected chi connectivity index (χ3v) is 8.60. The smallest absolute Gasteiger partial charge is 0.191 e. The number of allylic oxidation sites excluding steroid dienone is 1. The number of carbonyl (C=O) groups excluding carboxylic acids is 2. The molecule has 0 heterocycles. The molecule has 6 atom stereocenters. The van der Waals surface area contributed by atoms with Gasteiger partial charge in [-0.25, -0.2) is 4.39 Å². The molecule has 0 bridgehead atoms. The highest BCUT2D eigenvalue weighted by atomic mass is 19.1. The Kier molecular flexibility index (Phi) is 3.99. The van der Waals surface area contributed by atoms with E-state index in [4.69, 9.17) is 0 Å². The van der Waals surface area contributed by atoms with Crippen LogP contribution in [0.2, 0.25) is 0 Å². The molecule has 4 heteroatoms. The van der Waals surface area contributed by atoms with E-state index in [-0.39, 0.29) is 34.9 Å². The molecule has 4 rings (SSSR count). The van der Waals surface area contributed by atoms with Gasteiger partial charge in [0.2, 0.25) is 0 Å². The molecule has 0 aromatic heterocycles. The first-order chi connectivity index (χ1) is 11.8. The summed E-state index contributed by atoms with van der Waals surface area (Å²) in [4.78, 5) is 24.1. The number of aliphatic hydroxyl groups excluding tert-OH is 1. The zero-order valence-corrected chi connectivity index (χ0v) is 15.3. The number of aliphatic hydroxyl groups is 1. The molecular weight excluding hydrogens is 319 g/mol. The Balaban J connectivity index is 1.67. The van der Waals surface area contributed by atoms with E-state index in [1.807, 2.05) is 0 Å². The minimum Gasteiger partial charge on any atom is -0.389 e. The molecular formula is C21H29FO3. The summed E-state index contributed by atoms with van der Waals surface area (Å²) >= 11 is 0. The quantitative estimate of drug-likeness (QED) is 0.821. The molecule has 0 aromatic rings. The Morgan fingerprint density at radius 2 is 1.88 bits per heavy atom. The lowest BCUT2D eigenvalue weighted by Gasteiger charge is -2.58. The van der Waals surface area contributed by atoms with Gasteiger partial charge < -0.3 is 5.11 Å². The van der Waals surface area contributed by atoms with Crippen molar-refractivity contribution >= 4 is 11.6 Å². The summed E-state index contributed by atoms with van der Waals surface area (Å²) in [7, 11) is 0. The van der Waals surface area contributed by atoms with Crippen LogP contribution in [0.15, 0.2) is 11.4 Å². The largest absolute Gasteiger partial charge is 0.389 e. The summed E-state index contributed by atoms with van der Waals surface area (Å²) in [6.07, 6.45) is 6.67. The lowest BCUT2D eigenvalue weighted by atomic mass is 9.46. The van der Waals surface area contributed by atoms with E-state index in [2.05, 4.69) is 13.8 Å². The van der Waals surface area contributed by atoms with E-state index in [9.17, 15) is 19.1 Å². The average Bonchev–Trinajstić information content (AvgIpc) is 2.95. The molecule has 0 aliphatic heterocycles. The van der Waals surface area contributed by atoms with Crippen molar-refractivity contribution in [2.24, 2.45) is 34.5 Å². The molecule has 3 fully saturated rings. The Morgan fingerprint density at radius 1 is 1.12 bits per heavy atom. The highest BCUT2D eigenvalue weighted by Gasteiger charge is 2.60. The van der Waals surface area contributed by atoms with Crippen molar-refractivity contribution in [1.82, 2.24) is 0 Å². The van der Waals surface area contributed by atoms with Crippen LogP contribution in [0.5, 0.6) is 0 Å². The highest BCUT2D eigenvalue weighted by Crippen LogP contribution is 2.67. The Morgan fingerprint density at radius 3 is 2.60 bits per heavy atom. The van der Waals surface area contributed by atoms with E-state index < -0.39 is 5.83 Å². The van der Waals surface area contributed by atoms with Gasteiger partial charge >= 0.3 is 0 Å². The molecule has 3 saturated carbocycles. The first-order valence-electron chi connectivity index (χ1n) is 9.89. The monoisotopic (exact) mass is 348 g/mol. The van der Waals surface area contributed by atoms with E-state index in [0.29, 0.717) is 30.6 Å². The summed E-state index contributed by atoms with van der Waals surface area (Å²) in [5, 5.41) is 9.35. The van der Waals surface area contributed by atoms with Crippen LogP contribution in [0.25, 0.3) is 0 Å². The van der Waals surface area contributed by atoms with Crippen LogP contribution in [-0.2, 0) is 9.59 Å². The summed E-state index contributed by atoms with van der Waals surface area (Å²) in [5.41, 5.74) is 0.595. The summed E-state index contributed by atoms with van der Waals surface area (Å²) < 4.78 is 14.5. The molecule has 4 aliphatic rings. The second kappa shape index (κ2) is 5.73. The second-order valence-electron chi connectivity index (χ2n) is 9.35. The minimum absolute atomic E-state index is 0.000337. The number of ketones is 2. The zero-order chi connectivity index (χ0) is 18.0. The first-order valence-corrected chi connectivity index (χ1v) is 9.89. The van der Waals surface area contributed by atoms with Crippen LogP contribution in [0, 0.1) is 34.5 Å². The van der Waals surface area contributed by atoms with Gasteiger partial charge in [0, 0.05) is 12.3 Å². The van der Waals surface area contributed by atoms with Gasteiger partial charge in [0.1, 0.15) is 6.61 Å². The predicted octanol–water partition coefficient (Wildman–Crippen LogP) is 3.99. The third kappa shape index (κ3) is 2.25. The lowest BCUT2D eigenvalue weighted by molar-refractivity contribution is -0.133. The first kappa shape index (κ1) is 17.4. The number of Topliss-reactive ketones (excluding diaryl/α,β-unsaturated/α-hetero) is 2. The van der Waals surface area contributed by atoms with Crippen LogP contribution < -0.4 is 0 Å². The van der Waals surface area contributed by atoms with Gasteiger partial charge in [0.15, 0.2) is 17.4 Å². The molecule has 0 spiro atoms. The van der Waals surface area contributed by atoms with E-state index in [1.165, 1.54) is 0 Å². The van der Waals surface area contributed by atoms with Crippen LogP contribution in [0.4, 0.5) is 4.39 Å². The maximum absolute atomic E-state index is 14.5. The number of carbonyl (C=O) groups is 2. The van der Waals surface area contributed by atoms with E-state index in [0.717, 1.165) is 44.1 Å². The number of hydrogen-bond acceptors (Lipinski definition) is 3. The summed E-state index contributed by atoms with van der Waals surface area (Å²) in [6, 6.07) is 0. The molecule has 0 unspecified atom stereocenters. The van der Waals surface area contributed by atoms with E-state index in [1.54, 1.807) is 0 Å². The van der Waals surface area contributed by atoms with Crippen molar-refractivity contribution in [3.63, 3.8) is 0 Å². The van der Waals surface area contributed by atoms with Crippen molar-refractivity contribution in [1.29, 1.82) is 0 Å². The SMILES string of the molecule is C[C@]12CC[C@H]3[C@@H](CCC4=C(F)C(=O)CC[C@@]43C)[C@@H]1CC[C@@H]2C(=O)CO. The molecule has 0 aromatic carbocycles. The molecule has 0 saturated heterocycles. The van der Waals surface area contributed by atoms with Gasteiger partial charge in [-0.1, -0.05) is 13.8 Å². The molecule has 0 amide bonds. The van der Waals surface area contributed by atoms with Crippen LogP contribution >= 0.6 is 0 Å². The number of rotatable bonds is 2. The maximum atomic E-state index is 14.5. The third-order valence-electron chi connectivity index (χ3n) is 8.60. The van der Waals surface area contributed by atoms with E-state index >= 15 is 0 Å². The zero-order valence-electron chi connectivity index (χ0n) is 15.3. The Hall–Kier alpha value is -1.03. The Labute approximate surface area is 149 Å². The van der Waals surface area contributed by atoms with Crippen molar-refractivity contribution in [2.75, 3.05) is 6.61 Å². The van der Waals surface area contributed by atoms with Gasteiger partial charge in [-0.15, -0.1) is 0 Å². The molecule has 25 heavy (non-hydrogen) atoms. The topological polar surface area (TPSA) is 54.4 Å². The van der Waals surface area contributed by atoms with Crippen molar-refractivity contribution in [2.45, 2.75) is 65.2 Å². The van der Waals surface area contributed by atoms with Crippen LogP contribution in [0.3, 0.4) is 0 Å². The summed E-state index contributed by atoms with van der Waals surface area (Å²) in [5.74, 6) is 0.673. The highest BCUT2D eigenvalue weighted by molar-refractivity contribution is 5.95. The molecule has 0 radical (unpaired) electrons. The van der Waals surface area contributed by atoms with Crippen LogP contribution in [-0.4, -0.2) is 23.3 Å². The fourth-order valence-corrected chi connectivity index (χ4v) is 7.29. The van der Waals surface area contributed by atoms with Crippen molar-refractivity contribution in [3.8, 4) is 0 Å². The van der Waals surface area contributed by atoms with Gasteiger partial charge in [0.25, 0.3) is 0 Å². The lowest BCUT2D eigenvalue weighted by Crippen LogP contribution is -2.51. The molecule has 1 N–H and O–H groups in total. The molecule has 138 valence electrons. The van der Waals surface area contributed by atoms with Gasteiger partial charge in [-0.05, 0) is 79.1 Å². The molecule has 3 nitrogen and oxygen atoms in total. The second-order valence-corrected chi connectivity index (χ2v) is 9.35. The van der Waals surface area contributed by atoms with Gasteiger partial charge in [-0.3, -0.25) is 9.59 Å². The van der Waals surface area contributed by atoms with Gasteiger partial charge in [-0.2, -0.15) is 0 Å². The van der Waals surface area contributed by atoms with Crippen molar-refractivity contribution in [3.05, 3.63) is 11.4 Å². The number of halogens is 1. The maximum Gasteiger partial charge on any atom is 0.191 e. The summed E-state index contributed by atoms with van der Waals surface area (Å²) in [6.45, 7) is 4.08. The number of fused-ring (bicyclic) bond motifs is 5. The average molecular weight is 348 g/mol. The van der Waals surface area contributed by atoms with Crippen molar-refractivity contribution < 1.29 is 19.1 Å².